The normalized spacial score (nSPS) is 24.6. The van der Waals surface area contributed by atoms with E-state index in [9.17, 15) is 5.11 Å². The van der Waals surface area contributed by atoms with E-state index in [1.54, 1.807) is 6.33 Å². The number of nitrogens with zero attached hydrogens (tertiary/aromatic N) is 4. The Morgan fingerprint density at radius 3 is 2.78 bits per heavy atom. The monoisotopic (exact) mass is 246 g/mol. The maximum atomic E-state index is 9.56. The van der Waals surface area contributed by atoms with E-state index in [1.165, 1.54) is 0 Å². The molecule has 0 spiro atoms. The minimum Gasteiger partial charge on any atom is -0.393 e. The van der Waals surface area contributed by atoms with Gasteiger partial charge in [-0.15, -0.1) is 0 Å². The molecular formula is C13H18N4O. The predicted octanol–water partition coefficient (Wildman–Crippen LogP) is 1.86. The zero-order chi connectivity index (χ0) is 12.5. The fraction of sp³-hybridized carbons (Fsp3) is 0.615. The molecular weight excluding hydrogens is 228 g/mol. The lowest BCUT2D eigenvalue weighted by Gasteiger charge is -2.25. The van der Waals surface area contributed by atoms with E-state index in [1.807, 2.05) is 10.9 Å². The number of hydrogen-bond acceptors (Lipinski definition) is 4. The van der Waals surface area contributed by atoms with Crippen molar-refractivity contribution in [2.75, 3.05) is 0 Å². The molecule has 0 amide bonds. The molecule has 0 bridgehead atoms. The third-order valence-corrected chi connectivity index (χ3v) is 3.82. The summed E-state index contributed by atoms with van der Waals surface area (Å²) in [6.45, 7) is 2.09. The highest BCUT2D eigenvalue weighted by atomic mass is 16.3. The minimum atomic E-state index is -0.135. The molecule has 0 aromatic carbocycles. The van der Waals surface area contributed by atoms with E-state index in [4.69, 9.17) is 0 Å². The van der Waals surface area contributed by atoms with Crippen LogP contribution in [-0.2, 0) is 6.42 Å². The second-order valence-electron chi connectivity index (χ2n) is 4.96. The Balaban J connectivity index is 1.98. The molecule has 1 N–H and O–H groups in total. The molecule has 96 valence electrons. The first-order valence-corrected chi connectivity index (χ1v) is 6.64. The molecule has 0 saturated heterocycles. The van der Waals surface area contributed by atoms with Gasteiger partial charge in [-0.05, 0) is 32.1 Å². The average Bonchev–Trinajstić information content (AvgIpc) is 2.83. The molecule has 2 aromatic rings. The van der Waals surface area contributed by atoms with Crippen molar-refractivity contribution in [1.29, 1.82) is 0 Å². The van der Waals surface area contributed by atoms with Gasteiger partial charge in [-0.2, -0.15) is 5.10 Å². The average molecular weight is 246 g/mol. The first-order valence-electron chi connectivity index (χ1n) is 6.64. The fourth-order valence-corrected chi connectivity index (χ4v) is 2.76. The first kappa shape index (κ1) is 11.6. The molecule has 0 atom stereocenters. The lowest BCUT2D eigenvalue weighted by Crippen LogP contribution is -2.21. The predicted molar refractivity (Wildman–Crippen MR) is 68.2 cm³/mol. The Hall–Kier alpha value is -1.49. The zero-order valence-corrected chi connectivity index (χ0v) is 10.6. The van der Waals surface area contributed by atoms with Crippen molar-refractivity contribution in [3.8, 4) is 0 Å². The summed E-state index contributed by atoms with van der Waals surface area (Å²) in [6, 6.07) is 0.366. The smallest absolute Gasteiger partial charge is 0.161 e. The van der Waals surface area contributed by atoms with Gasteiger partial charge in [0.25, 0.3) is 0 Å². The number of aliphatic hydroxyl groups excluding tert-OH is 1. The number of aliphatic hydroxyl groups is 1. The number of hydrogen-bond donors (Lipinski definition) is 1. The Morgan fingerprint density at radius 2 is 2.06 bits per heavy atom. The summed E-state index contributed by atoms with van der Waals surface area (Å²) in [5, 5.41) is 15.1. The van der Waals surface area contributed by atoms with E-state index in [0.29, 0.717) is 6.04 Å². The number of fused-ring (bicyclic) bond motifs is 1. The Kier molecular flexibility index (Phi) is 2.99. The zero-order valence-electron chi connectivity index (χ0n) is 10.6. The Morgan fingerprint density at radius 1 is 1.28 bits per heavy atom. The maximum absolute atomic E-state index is 9.56. The van der Waals surface area contributed by atoms with E-state index in [-0.39, 0.29) is 6.10 Å². The summed E-state index contributed by atoms with van der Waals surface area (Å²) in [4.78, 5) is 8.66. The number of aromatic nitrogens is 4. The molecule has 0 unspecified atom stereocenters. The van der Waals surface area contributed by atoms with Crippen molar-refractivity contribution in [2.24, 2.45) is 0 Å². The van der Waals surface area contributed by atoms with Crippen molar-refractivity contribution in [1.82, 2.24) is 19.7 Å². The minimum absolute atomic E-state index is 0.135. The molecule has 1 fully saturated rings. The standard InChI is InChI=1S/C13H18N4O/c1-2-12-11-7-16-17(13(11)15-8-14-12)9-3-5-10(18)6-4-9/h7-10,18H,2-6H2,1H3. The van der Waals surface area contributed by atoms with Crippen LogP contribution in [0.4, 0.5) is 0 Å². The summed E-state index contributed by atoms with van der Waals surface area (Å²) in [7, 11) is 0. The van der Waals surface area contributed by atoms with E-state index < -0.39 is 0 Å². The van der Waals surface area contributed by atoms with Crippen molar-refractivity contribution in [3.05, 3.63) is 18.2 Å². The second-order valence-corrected chi connectivity index (χ2v) is 4.96. The van der Waals surface area contributed by atoms with Gasteiger partial charge >= 0.3 is 0 Å². The molecule has 1 aliphatic rings. The van der Waals surface area contributed by atoms with Crippen molar-refractivity contribution in [3.63, 3.8) is 0 Å². The Bertz CT molecular complexity index is 543. The van der Waals surface area contributed by atoms with E-state index in [2.05, 4.69) is 22.0 Å². The van der Waals surface area contributed by atoms with Crippen LogP contribution in [-0.4, -0.2) is 31.0 Å². The van der Waals surface area contributed by atoms with Gasteiger partial charge in [0.1, 0.15) is 6.33 Å². The van der Waals surface area contributed by atoms with Crippen LogP contribution < -0.4 is 0 Å². The molecule has 3 rings (SSSR count). The summed E-state index contributed by atoms with van der Waals surface area (Å²) in [5.74, 6) is 0. The SMILES string of the molecule is CCc1ncnc2c1cnn2C1CCC(O)CC1. The molecule has 2 heterocycles. The summed E-state index contributed by atoms with van der Waals surface area (Å²) >= 11 is 0. The third-order valence-electron chi connectivity index (χ3n) is 3.82. The highest BCUT2D eigenvalue weighted by Gasteiger charge is 2.23. The van der Waals surface area contributed by atoms with E-state index in [0.717, 1.165) is 48.8 Å². The topological polar surface area (TPSA) is 63.8 Å². The molecule has 1 saturated carbocycles. The van der Waals surface area contributed by atoms with Gasteiger partial charge in [-0.3, -0.25) is 0 Å². The molecule has 1 aliphatic carbocycles. The lowest BCUT2D eigenvalue weighted by molar-refractivity contribution is 0.109. The van der Waals surface area contributed by atoms with Gasteiger partial charge < -0.3 is 5.11 Å². The summed E-state index contributed by atoms with van der Waals surface area (Å²) < 4.78 is 2.02. The molecule has 2 aromatic heterocycles. The number of aryl methyl sites for hydroxylation is 1. The molecule has 0 radical (unpaired) electrons. The van der Waals surface area contributed by atoms with E-state index >= 15 is 0 Å². The molecule has 18 heavy (non-hydrogen) atoms. The Labute approximate surface area is 106 Å². The van der Waals surface area contributed by atoms with Crippen LogP contribution in [0.3, 0.4) is 0 Å². The van der Waals surface area contributed by atoms with Gasteiger partial charge in [0, 0.05) is 0 Å². The third kappa shape index (κ3) is 1.88. The van der Waals surface area contributed by atoms with Crippen LogP contribution >= 0.6 is 0 Å². The lowest BCUT2D eigenvalue weighted by atomic mass is 9.93. The highest BCUT2D eigenvalue weighted by Crippen LogP contribution is 2.30. The van der Waals surface area contributed by atoms with Crippen LogP contribution in [0.5, 0.6) is 0 Å². The van der Waals surface area contributed by atoms with Crippen LogP contribution in [0, 0.1) is 0 Å². The van der Waals surface area contributed by atoms with Gasteiger partial charge in [-0.25, -0.2) is 14.6 Å². The van der Waals surface area contributed by atoms with Crippen molar-refractivity contribution >= 4 is 11.0 Å². The summed E-state index contributed by atoms with van der Waals surface area (Å²) in [6.07, 6.45) is 7.93. The van der Waals surface area contributed by atoms with Crippen molar-refractivity contribution in [2.45, 2.75) is 51.2 Å². The van der Waals surface area contributed by atoms with Gasteiger partial charge in [0.05, 0.1) is 29.4 Å². The quantitative estimate of drug-likeness (QED) is 0.878. The molecule has 0 aliphatic heterocycles. The summed E-state index contributed by atoms with van der Waals surface area (Å²) in [5.41, 5.74) is 1.99. The van der Waals surface area contributed by atoms with Gasteiger partial charge in [-0.1, -0.05) is 6.92 Å². The van der Waals surface area contributed by atoms with Crippen LogP contribution in [0.1, 0.15) is 44.3 Å². The van der Waals surface area contributed by atoms with Gasteiger partial charge in [0.15, 0.2) is 5.65 Å². The molecule has 5 nitrogen and oxygen atoms in total. The van der Waals surface area contributed by atoms with Crippen molar-refractivity contribution < 1.29 is 5.11 Å². The van der Waals surface area contributed by atoms with Gasteiger partial charge in [0.2, 0.25) is 0 Å². The largest absolute Gasteiger partial charge is 0.393 e. The fourth-order valence-electron chi connectivity index (χ4n) is 2.76. The highest BCUT2D eigenvalue weighted by molar-refractivity contribution is 5.76. The second kappa shape index (κ2) is 4.65. The first-order chi connectivity index (χ1) is 8.79. The maximum Gasteiger partial charge on any atom is 0.161 e. The van der Waals surface area contributed by atoms with Crippen LogP contribution in [0.15, 0.2) is 12.5 Å². The number of rotatable bonds is 2. The van der Waals surface area contributed by atoms with Crippen LogP contribution in [0.25, 0.3) is 11.0 Å². The molecule has 5 heteroatoms. The van der Waals surface area contributed by atoms with Crippen LogP contribution in [0.2, 0.25) is 0 Å².